The summed E-state index contributed by atoms with van der Waals surface area (Å²) in [4.78, 5) is 25.6. The molecule has 0 spiro atoms. The van der Waals surface area contributed by atoms with Gasteiger partial charge in [0.1, 0.15) is 5.75 Å². The maximum atomic E-state index is 12.1. The molecule has 0 saturated carbocycles. The van der Waals surface area contributed by atoms with Crippen LogP contribution < -0.4 is 15.0 Å². The highest BCUT2D eigenvalue weighted by Crippen LogP contribution is 2.23. The van der Waals surface area contributed by atoms with E-state index in [9.17, 15) is 9.59 Å². The number of anilines is 2. The van der Waals surface area contributed by atoms with Crippen molar-refractivity contribution in [3.8, 4) is 5.75 Å². The highest BCUT2D eigenvalue weighted by Gasteiger charge is 2.21. The van der Waals surface area contributed by atoms with Crippen LogP contribution in [0.15, 0.2) is 48.5 Å². The van der Waals surface area contributed by atoms with Crippen molar-refractivity contribution in [3.63, 3.8) is 0 Å². The van der Waals surface area contributed by atoms with E-state index in [1.54, 1.807) is 17.0 Å². The average molecular weight is 338 g/mol. The molecule has 25 heavy (non-hydrogen) atoms. The molecule has 0 bridgehead atoms. The number of benzene rings is 2. The second-order valence-corrected chi connectivity index (χ2v) is 5.99. The van der Waals surface area contributed by atoms with Crippen molar-refractivity contribution in [1.29, 1.82) is 0 Å². The lowest BCUT2D eigenvalue weighted by Crippen LogP contribution is -2.23. The maximum Gasteiger partial charge on any atom is 0.262 e. The minimum absolute atomic E-state index is 0.0383. The number of amides is 2. The first-order chi connectivity index (χ1) is 12.2. The molecule has 0 radical (unpaired) electrons. The minimum Gasteiger partial charge on any atom is -0.483 e. The summed E-state index contributed by atoms with van der Waals surface area (Å²) in [7, 11) is 0. The van der Waals surface area contributed by atoms with E-state index in [0.717, 1.165) is 36.4 Å². The van der Waals surface area contributed by atoms with Crippen molar-refractivity contribution in [1.82, 2.24) is 0 Å². The van der Waals surface area contributed by atoms with Gasteiger partial charge in [-0.25, -0.2) is 0 Å². The van der Waals surface area contributed by atoms with E-state index in [1.807, 2.05) is 36.4 Å². The summed E-state index contributed by atoms with van der Waals surface area (Å²) in [5.74, 6) is 0.679. The number of hydrogen-bond donors (Lipinski definition) is 1. The molecule has 1 aliphatic rings. The number of carbonyl (C=O) groups is 2. The Morgan fingerprint density at radius 3 is 2.60 bits per heavy atom. The standard InChI is InChI=1S/C20H22N2O3/c1-2-15-6-3-4-7-18(15)25-14-19(23)21-16-9-11-17(12-10-16)22-13-5-8-20(22)24/h3-4,6-7,9-12H,2,5,8,13-14H2,1H3,(H,21,23). The molecule has 2 aromatic rings. The monoisotopic (exact) mass is 338 g/mol. The molecule has 0 aromatic heterocycles. The second-order valence-electron chi connectivity index (χ2n) is 5.99. The Morgan fingerprint density at radius 1 is 1.16 bits per heavy atom. The van der Waals surface area contributed by atoms with Crippen molar-refractivity contribution in [3.05, 3.63) is 54.1 Å². The molecule has 0 atom stereocenters. The summed E-state index contributed by atoms with van der Waals surface area (Å²) in [5, 5.41) is 2.81. The van der Waals surface area contributed by atoms with Crippen LogP contribution in [0, 0.1) is 0 Å². The number of carbonyl (C=O) groups excluding carboxylic acids is 2. The summed E-state index contributed by atoms with van der Waals surface area (Å²) < 4.78 is 5.62. The average Bonchev–Trinajstić information content (AvgIpc) is 3.07. The third kappa shape index (κ3) is 4.18. The summed E-state index contributed by atoms with van der Waals surface area (Å²) in [6, 6.07) is 15.0. The quantitative estimate of drug-likeness (QED) is 0.878. The molecule has 3 rings (SSSR count). The van der Waals surface area contributed by atoms with E-state index in [1.165, 1.54) is 0 Å². The van der Waals surface area contributed by atoms with Crippen molar-refractivity contribution < 1.29 is 14.3 Å². The topological polar surface area (TPSA) is 58.6 Å². The fourth-order valence-electron chi connectivity index (χ4n) is 2.92. The Bertz CT molecular complexity index is 756. The van der Waals surface area contributed by atoms with Gasteiger partial charge in [0.15, 0.2) is 6.61 Å². The fraction of sp³-hybridized carbons (Fsp3) is 0.300. The highest BCUT2D eigenvalue weighted by molar-refractivity contribution is 5.96. The van der Waals surface area contributed by atoms with E-state index in [0.29, 0.717) is 12.1 Å². The first kappa shape index (κ1) is 17.0. The number of rotatable bonds is 6. The molecular formula is C20H22N2O3. The molecule has 1 heterocycles. The lowest BCUT2D eigenvalue weighted by atomic mass is 10.1. The van der Waals surface area contributed by atoms with Crippen LogP contribution in [0.2, 0.25) is 0 Å². The Kier molecular flexibility index (Phi) is 5.33. The van der Waals surface area contributed by atoms with Gasteiger partial charge in [0.25, 0.3) is 5.91 Å². The van der Waals surface area contributed by atoms with Gasteiger partial charge in [0, 0.05) is 24.3 Å². The molecule has 1 saturated heterocycles. The van der Waals surface area contributed by atoms with Crippen LogP contribution in [0.3, 0.4) is 0 Å². The number of hydrogen-bond acceptors (Lipinski definition) is 3. The number of ether oxygens (including phenoxy) is 1. The zero-order valence-electron chi connectivity index (χ0n) is 14.3. The fourth-order valence-corrected chi connectivity index (χ4v) is 2.92. The smallest absolute Gasteiger partial charge is 0.262 e. The first-order valence-electron chi connectivity index (χ1n) is 8.58. The van der Waals surface area contributed by atoms with E-state index in [2.05, 4.69) is 12.2 Å². The van der Waals surface area contributed by atoms with E-state index >= 15 is 0 Å². The summed E-state index contributed by atoms with van der Waals surface area (Å²) >= 11 is 0. The van der Waals surface area contributed by atoms with Crippen LogP contribution >= 0.6 is 0 Å². The Labute approximate surface area is 147 Å². The van der Waals surface area contributed by atoms with Crippen LogP contribution in [-0.4, -0.2) is 25.0 Å². The largest absolute Gasteiger partial charge is 0.483 e. The molecule has 1 N–H and O–H groups in total. The SMILES string of the molecule is CCc1ccccc1OCC(=O)Nc1ccc(N2CCCC2=O)cc1. The lowest BCUT2D eigenvalue weighted by molar-refractivity contribution is -0.118. The third-order valence-corrected chi connectivity index (χ3v) is 4.25. The van der Waals surface area contributed by atoms with Crippen molar-refractivity contribution >= 4 is 23.2 Å². The van der Waals surface area contributed by atoms with Crippen LogP contribution in [0.25, 0.3) is 0 Å². The number of nitrogens with one attached hydrogen (secondary N) is 1. The zero-order valence-corrected chi connectivity index (χ0v) is 14.3. The van der Waals surface area contributed by atoms with Gasteiger partial charge >= 0.3 is 0 Å². The van der Waals surface area contributed by atoms with Gasteiger partial charge in [-0.3, -0.25) is 9.59 Å². The maximum absolute atomic E-state index is 12.1. The van der Waals surface area contributed by atoms with Crippen LogP contribution in [0.5, 0.6) is 5.75 Å². The normalized spacial score (nSPS) is 13.8. The zero-order chi connectivity index (χ0) is 17.6. The Hall–Kier alpha value is -2.82. The van der Waals surface area contributed by atoms with Gasteiger partial charge in [-0.2, -0.15) is 0 Å². The highest BCUT2D eigenvalue weighted by atomic mass is 16.5. The molecular weight excluding hydrogens is 316 g/mol. The second kappa shape index (κ2) is 7.83. The van der Waals surface area contributed by atoms with E-state index < -0.39 is 0 Å². The van der Waals surface area contributed by atoms with Crippen LogP contribution in [0.1, 0.15) is 25.3 Å². The minimum atomic E-state index is -0.212. The van der Waals surface area contributed by atoms with Crippen LogP contribution in [-0.2, 0) is 16.0 Å². The number of para-hydroxylation sites is 1. The molecule has 1 aliphatic heterocycles. The van der Waals surface area contributed by atoms with Gasteiger partial charge in [0.2, 0.25) is 5.91 Å². The molecule has 2 aromatic carbocycles. The van der Waals surface area contributed by atoms with Gasteiger partial charge in [-0.1, -0.05) is 25.1 Å². The molecule has 2 amide bonds. The van der Waals surface area contributed by atoms with Crippen molar-refractivity contribution in [2.75, 3.05) is 23.4 Å². The lowest BCUT2D eigenvalue weighted by Gasteiger charge is -2.16. The van der Waals surface area contributed by atoms with E-state index in [4.69, 9.17) is 4.74 Å². The van der Waals surface area contributed by atoms with Crippen molar-refractivity contribution in [2.45, 2.75) is 26.2 Å². The molecule has 1 fully saturated rings. The summed E-state index contributed by atoms with van der Waals surface area (Å²) in [6.07, 6.45) is 2.36. The van der Waals surface area contributed by atoms with Gasteiger partial charge < -0.3 is 15.0 Å². The van der Waals surface area contributed by atoms with Gasteiger partial charge in [-0.15, -0.1) is 0 Å². The molecule has 0 aliphatic carbocycles. The third-order valence-electron chi connectivity index (χ3n) is 4.25. The Morgan fingerprint density at radius 2 is 1.92 bits per heavy atom. The molecule has 0 unspecified atom stereocenters. The molecule has 130 valence electrons. The number of nitrogens with zero attached hydrogens (tertiary/aromatic N) is 1. The summed E-state index contributed by atoms with van der Waals surface area (Å²) in [6.45, 7) is 2.77. The molecule has 5 heteroatoms. The van der Waals surface area contributed by atoms with Crippen molar-refractivity contribution in [2.24, 2.45) is 0 Å². The van der Waals surface area contributed by atoms with Crippen LogP contribution in [0.4, 0.5) is 11.4 Å². The number of aryl methyl sites for hydroxylation is 1. The van der Waals surface area contributed by atoms with Gasteiger partial charge in [-0.05, 0) is 48.7 Å². The van der Waals surface area contributed by atoms with E-state index in [-0.39, 0.29) is 18.4 Å². The predicted molar refractivity (Wildman–Crippen MR) is 98.0 cm³/mol. The predicted octanol–water partition coefficient (Wildman–Crippen LogP) is 3.39. The van der Waals surface area contributed by atoms with Gasteiger partial charge in [0.05, 0.1) is 0 Å². The molecule has 5 nitrogen and oxygen atoms in total. The first-order valence-corrected chi connectivity index (χ1v) is 8.58. The summed E-state index contributed by atoms with van der Waals surface area (Å²) in [5.41, 5.74) is 2.64. The Balaban J connectivity index is 1.55.